The Kier molecular flexibility index (Phi) is 4.32. The molecule has 238 valence electrons. The maximum Gasteiger partial charge on any atom is 0.164 e. The Morgan fingerprint density at radius 2 is 1.18 bits per heavy atom. The second-order valence-electron chi connectivity index (χ2n) is 12.1. The molecule has 0 aliphatic rings. The largest absolute Gasteiger partial charge is 0.456 e. The molecule has 0 spiro atoms. The number of benzene rings is 7. The maximum absolute atomic E-state index is 8.67. The molecule has 4 aromatic heterocycles. The van der Waals surface area contributed by atoms with Crippen LogP contribution in [0.4, 0.5) is 0 Å². The summed E-state index contributed by atoms with van der Waals surface area (Å²) in [6.45, 7) is 0. The zero-order chi connectivity index (χ0) is 42.2. The second kappa shape index (κ2) is 10.9. The zero-order valence-corrected chi connectivity index (χ0v) is 27.2. The van der Waals surface area contributed by atoms with E-state index in [9.17, 15) is 0 Å². The number of para-hydroxylation sites is 1. The maximum atomic E-state index is 8.67. The van der Waals surface area contributed by atoms with E-state index in [2.05, 4.69) is 74.1 Å². The fourth-order valence-corrected chi connectivity index (χ4v) is 8.16. The number of rotatable bonds is 4. The molecule has 7 aromatic carbocycles. The average Bonchev–Trinajstić information content (AvgIpc) is 3.94. The van der Waals surface area contributed by atoms with Crippen molar-refractivity contribution in [3.8, 4) is 39.9 Å². The molecule has 51 heavy (non-hydrogen) atoms. The highest BCUT2D eigenvalue weighted by Gasteiger charge is 2.20. The molecule has 0 N–H and O–H groups in total. The Morgan fingerprint density at radius 3 is 1.94 bits per heavy atom. The van der Waals surface area contributed by atoms with Crippen LogP contribution in [0.25, 0.3) is 104 Å². The summed E-state index contributed by atoms with van der Waals surface area (Å²) in [5.74, 6) is -0.722. The van der Waals surface area contributed by atoms with E-state index in [-0.39, 0.29) is 28.6 Å². The number of fused-ring (bicyclic) bond motifs is 9. The summed E-state index contributed by atoms with van der Waals surface area (Å²) < 4.78 is 95.4. The van der Waals surface area contributed by atoms with Crippen LogP contribution in [0.1, 0.15) is 13.7 Å². The van der Waals surface area contributed by atoms with Crippen molar-refractivity contribution >= 4 is 75.3 Å². The van der Waals surface area contributed by atoms with Crippen LogP contribution in [0, 0.1) is 0 Å². The number of furan rings is 1. The van der Waals surface area contributed by atoms with E-state index in [1.54, 1.807) is 23.5 Å². The van der Waals surface area contributed by atoms with E-state index < -0.39 is 60.4 Å². The first kappa shape index (κ1) is 20.1. The van der Waals surface area contributed by atoms with Gasteiger partial charge in [0.1, 0.15) is 11.2 Å². The molecule has 11 aromatic rings. The highest BCUT2D eigenvalue weighted by molar-refractivity contribution is 7.25. The van der Waals surface area contributed by atoms with Crippen molar-refractivity contribution in [2.45, 2.75) is 0 Å². The van der Waals surface area contributed by atoms with Gasteiger partial charge in [-0.25, -0.2) is 15.0 Å². The Balaban J connectivity index is 1.15. The van der Waals surface area contributed by atoms with Crippen LogP contribution >= 0.6 is 11.3 Å². The fraction of sp³-hybridized carbons (Fsp3) is 0. The molecule has 0 bridgehead atoms. The molecular formula is C45H26N4OS. The van der Waals surface area contributed by atoms with Crippen LogP contribution in [0.15, 0.2) is 162 Å². The summed E-state index contributed by atoms with van der Waals surface area (Å²) in [7, 11) is 0. The number of hydrogen-bond donors (Lipinski definition) is 0. The number of hydrogen-bond acceptors (Lipinski definition) is 5. The molecule has 11 rings (SSSR count). The predicted octanol–water partition coefficient (Wildman–Crippen LogP) is 12.2. The number of nitrogens with zero attached hydrogens (tertiary/aromatic N) is 4. The molecular weight excluding hydrogens is 645 g/mol. The molecule has 0 aliphatic carbocycles. The van der Waals surface area contributed by atoms with Crippen LogP contribution < -0.4 is 0 Å². The normalized spacial score (nSPS) is 14.7. The van der Waals surface area contributed by atoms with Gasteiger partial charge in [-0.1, -0.05) is 109 Å². The average molecular weight is 681 g/mol. The fourth-order valence-electron chi connectivity index (χ4n) is 7.03. The molecule has 6 heteroatoms. The van der Waals surface area contributed by atoms with E-state index in [1.165, 1.54) is 20.2 Å². The SMILES string of the molecule is [2H]c1c([2H])c([2H])c(-c2nc(-c3ccc4c(c3)oc3cccc(-n5c6ccccc6c6cc7sc8ccccc8c7cc65)c34)nc(-c3c([2H])c([2H])c([2H])c([2H])c3[2H])n2)c([2H])c1[2H]. The van der Waals surface area contributed by atoms with Crippen molar-refractivity contribution in [2.75, 3.05) is 0 Å². The van der Waals surface area contributed by atoms with Gasteiger partial charge in [-0.15, -0.1) is 11.3 Å². The quantitative estimate of drug-likeness (QED) is 0.186. The number of thiophene rings is 1. The van der Waals surface area contributed by atoms with Crippen LogP contribution in [-0.2, 0) is 0 Å². The Hall–Kier alpha value is -6.63. The van der Waals surface area contributed by atoms with E-state index in [1.807, 2.05) is 30.3 Å². The van der Waals surface area contributed by atoms with Crippen LogP contribution in [0.2, 0.25) is 0 Å². The molecule has 0 amide bonds. The first-order chi connectivity index (χ1) is 29.4. The standard InChI is InChI=1S/C45H26N4OS/c1-3-12-27(13-4-1)43-46-44(28-14-5-2-6-15-28)48-45(47-43)29-22-23-32-39(24-29)50-38-20-11-19-36(42(32)38)49-35-18-9-7-16-30(35)33-26-41-34(25-37(33)49)31-17-8-10-21-40(31)51-41/h1-26H/i1D,2D,3D,4D,5D,6D,12D,13D,14D,15D. The van der Waals surface area contributed by atoms with Gasteiger partial charge < -0.3 is 8.98 Å². The van der Waals surface area contributed by atoms with Crippen molar-refractivity contribution in [3.05, 3.63) is 157 Å². The lowest BCUT2D eigenvalue weighted by Crippen LogP contribution is -2.00. The predicted molar refractivity (Wildman–Crippen MR) is 211 cm³/mol. The summed E-state index contributed by atoms with van der Waals surface area (Å²) in [6, 6.07) is 26.6. The molecule has 0 unspecified atom stereocenters. The van der Waals surface area contributed by atoms with Gasteiger partial charge in [0.15, 0.2) is 17.5 Å². The van der Waals surface area contributed by atoms with Crippen LogP contribution in [-0.4, -0.2) is 19.5 Å². The molecule has 0 saturated heterocycles. The van der Waals surface area contributed by atoms with Gasteiger partial charge in [0.05, 0.1) is 35.8 Å². The van der Waals surface area contributed by atoms with Crippen molar-refractivity contribution in [3.63, 3.8) is 0 Å². The molecule has 5 nitrogen and oxygen atoms in total. The third kappa shape index (κ3) is 4.37. The van der Waals surface area contributed by atoms with E-state index in [4.69, 9.17) is 18.1 Å². The molecule has 0 aliphatic heterocycles. The second-order valence-corrected chi connectivity index (χ2v) is 13.2. The molecule has 0 saturated carbocycles. The Labute approximate surface area is 309 Å². The summed E-state index contributed by atoms with van der Waals surface area (Å²) in [6.07, 6.45) is 0. The van der Waals surface area contributed by atoms with Gasteiger partial charge in [0.2, 0.25) is 0 Å². The van der Waals surface area contributed by atoms with E-state index >= 15 is 0 Å². The van der Waals surface area contributed by atoms with Gasteiger partial charge in [-0.2, -0.15) is 0 Å². The topological polar surface area (TPSA) is 56.7 Å². The Morgan fingerprint density at radius 1 is 0.490 bits per heavy atom. The first-order valence-corrected chi connectivity index (χ1v) is 16.9. The van der Waals surface area contributed by atoms with Crippen LogP contribution in [0.3, 0.4) is 0 Å². The summed E-state index contributed by atoms with van der Waals surface area (Å²) >= 11 is 1.78. The summed E-state index contributed by atoms with van der Waals surface area (Å²) in [4.78, 5) is 13.6. The number of aromatic nitrogens is 4. The highest BCUT2D eigenvalue weighted by atomic mass is 32.1. The highest BCUT2D eigenvalue weighted by Crippen LogP contribution is 2.43. The monoisotopic (exact) mass is 680 g/mol. The lowest BCUT2D eigenvalue weighted by Gasteiger charge is -2.10. The van der Waals surface area contributed by atoms with Gasteiger partial charge >= 0.3 is 0 Å². The van der Waals surface area contributed by atoms with Crippen LogP contribution in [0.5, 0.6) is 0 Å². The van der Waals surface area contributed by atoms with Crippen molar-refractivity contribution in [1.29, 1.82) is 0 Å². The van der Waals surface area contributed by atoms with E-state index in [0.29, 0.717) is 16.7 Å². The lowest BCUT2D eigenvalue weighted by atomic mass is 10.1. The van der Waals surface area contributed by atoms with Gasteiger partial charge in [0, 0.05) is 53.0 Å². The minimum atomic E-state index is -0.613. The molecule has 0 atom stereocenters. The Bertz CT molecular complexity index is 3600. The smallest absolute Gasteiger partial charge is 0.164 e. The third-order valence-electron chi connectivity index (χ3n) is 9.23. The van der Waals surface area contributed by atoms with Gasteiger partial charge in [-0.3, -0.25) is 0 Å². The van der Waals surface area contributed by atoms with E-state index in [0.717, 1.165) is 38.3 Å². The minimum Gasteiger partial charge on any atom is -0.456 e. The molecule has 0 fully saturated rings. The lowest BCUT2D eigenvalue weighted by molar-refractivity contribution is 0.669. The van der Waals surface area contributed by atoms with Crippen molar-refractivity contribution in [1.82, 2.24) is 19.5 Å². The third-order valence-corrected chi connectivity index (χ3v) is 10.4. The van der Waals surface area contributed by atoms with Gasteiger partial charge in [-0.05, 0) is 48.5 Å². The first-order valence-electron chi connectivity index (χ1n) is 21.1. The van der Waals surface area contributed by atoms with Gasteiger partial charge in [0.25, 0.3) is 0 Å². The minimum absolute atomic E-state index is 0.0457. The van der Waals surface area contributed by atoms with Crippen molar-refractivity contribution < 1.29 is 18.1 Å². The molecule has 4 heterocycles. The van der Waals surface area contributed by atoms with Crippen molar-refractivity contribution in [2.24, 2.45) is 0 Å². The summed E-state index contributed by atoms with van der Waals surface area (Å²) in [5, 5.41) is 6.26. The summed E-state index contributed by atoms with van der Waals surface area (Å²) in [5.41, 5.74) is 3.77. The molecule has 0 radical (unpaired) electrons. The zero-order valence-electron chi connectivity index (χ0n) is 36.3.